The molecule has 1 rings (SSSR count). The SMILES string of the molecule is CC(C)C1CCC(=O)CC1OC(C)(C)C. The molecule has 1 aliphatic carbocycles. The normalized spacial score (nSPS) is 28.5. The van der Waals surface area contributed by atoms with E-state index in [2.05, 4.69) is 34.6 Å². The second kappa shape index (κ2) is 4.65. The van der Waals surface area contributed by atoms with Crippen molar-refractivity contribution in [3.63, 3.8) is 0 Å². The number of Topliss-reactive ketones (excluding diaryl/α,β-unsaturated/α-hetero) is 1. The quantitative estimate of drug-likeness (QED) is 0.702. The Hall–Kier alpha value is -0.370. The van der Waals surface area contributed by atoms with E-state index < -0.39 is 0 Å². The minimum atomic E-state index is -0.143. The molecule has 88 valence electrons. The zero-order valence-electron chi connectivity index (χ0n) is 10.7. The molecular formula is C13H24O2. The van der Waals surface area contributed by atoms with E-state index in [4.69, 9.17) is 4.74 Å². The van der Waals surface area contributed by atoms with Crippen molar-refractivity contribution in [2.24, 2.45) is 11.8 Å². The van der Waals surface area contributed by atoms with Crippen molar-refractivity contribution >= 4 is 5.78 Å². The average Bonchev–Trinajstić information content (AvgIpc) is 1.99. The van der Waals surface area contributed by atoms with Gasteiger partial charge >= 0.3 is 0 Å². The van der Waals surface area contributed by atoms with Crippen LogP contribution < -0.4 is 0 Å². The van der Waals surface area contributed by atoms with Crippen LogP contribution in [0.25, 0.3) is 0 Å². The van der Waals surface area contributed by atoms with Gasteiger partial charge in [-0.2, -0.15) is 0 Å². The van der Waals surface area contributed by atoms with Crippen molar-refractivity contribution in [3.05, 3.63) is 0 Å². The Morgan fingerprint density at radius 1 is 1.33 bits per heavy atom. The van der Waals surface area contributed by atoms with Gasteiger partial charge < -0.3 is 4.74 Å². The van der Waals surface area contributed by atoms with Gasteiger partial charge in [0.05, 0.1) is 11.7 Å². The number of hydrogen-bond donors (Lipinski definition) is 0. The number of rotatable bonds is 2. The van der Waals surface area contributed by atoms with E-state index in [0.717, 1.165) is 12.8 Å². The number of ether oxygens (including phenoxy) is 1. The van der Waals surface area contributed by atoms with Crippen molar-refractivity contribution in [2.45, 2.75) is 65.6 Å². The highest BCUT2D eigenvalue weighted by Crippen LogP contribution is 2.32. The van der Waals surface area contributed by atoms with Gasteiger partial charge in [-0.05, 0) is 39.0 Å². The third-order valence-corrected chi connectivity index (χ3v) is 3.02. The highest BCUT2D eigenvalue weighted by molar-refractivity contribution is 5.79. The third-order valence-electron chi connectivity index (χ3n) is 3.02. The lowest BCUT2D eigenvalue weighted by atomic mass is 9.78. The van der Waals surface area contributed by atoms with E-state index in [0.29, 0.717) is 24.0 Å². The van der Waals surface area contributed by atoms with E-state index >= 15 is 0 Å². The predicted molar refractivity (Wildman–Crippen MR) is 61.8 cm³/mol. The molecular weight excluding hydrogens is 188 g/mol. The lowest BCUT2D eigenvalue weighted by Crippen LogP contribution is -2.39. The Labute approximate surface area is 93.4 Å². The van der Waals surface area contributed by atoms with Gasteiger partial charge in [-0.25, -0.2) is 0 Å². The van der Waals surface area contributed by atoms with E-state index in [1.807, 2.05) is 0 Å². The minimum absolute atomic E-state index is 0.131. The first-order chi connectivity index (χ1) is 6.79. The van der Waals surface area contributed by atoms with E-state index in [1.165, 1.54) is 0 Å². The maximum Gasteiger partial charge on any atom is 0.135 e. The van der Waals surface area contributed by atoms with Gasteiger partial charge in [0.1, 0.15) is 5.78 Å². The summed E-state index contributed by atoms with van der Waals surface area (Å²) in [5.74, 6) is 1.51. The van der Waals surface area contributed by atoms with Crippen molar-refractivity contribution in [3.8, 4) is 0 Å². The van der Waals surface area contributed by atoms with Crippen LogP contribution in [0.15, 0.2) is 0 Å². The molecule has 2 heteroatoms. The van der Waals surface area contributed by atoms with Crippen molar-refractivity contribution in [2.75, 3.05) is 0 Å². The van der Waals surface area contributed by atoms with Crippen LogP contribution in [0.2, 0.25) is 0 Å². The van der Waals surface area contributed by atoms with Gasteiger partial charge in [0.15, 0.2) is 0 Å². The molecule has 0 saturated heterocycles. The Morgan fingerprint density at radius 2 is 1.93 bits per heavy atom. The number of hydrogen-bond acceptors (Lipinski definition) is 2. The van der Waals surface area contributed by atoms with Gasteiger partial charge in [0, 0.05) is 12.8 Å². The predicted octanol–water partition coefficient (Wildman–Crippen LogP) is 3.20. The van der Waals surface area contributed by atoms with Crippen LogP contribution in [0.3, 0.4) is 0 Å². The summed E-state index contributed by atoms with van der Waals surface area (Å²) in [6.07, 6.45) is 2.48. The standard InChI is InChI=1S/C13H24O2/c1-9(2)11-7-6-10(14)8-12(11)15-13(3,4)5/h9,11-12H,6-8H2,1-5H3. The zero-order chi connectivity index (χ0) is 11.6. The Morgan fingerprint density at radius 3 is 2.40 bits per heavy atom. The summed E-state index contributed by atoms with van der Waals surface area (Å²) >= 11 is 0. The van der Waals surface area contributed by atoms with Crippen LogP contribution >= 0.6 is 0 Å². The van der Waals surface area contributed by atoms with Gasteiger partial charge in [0.25, 0.3) is 0 Å². The highest BCUT2D eigenvalue weighted by atomic mass is 16.5. The van der Waals surface area contributed by atoms with Gasteiger partial charge in [0.2, 0.25) is 0 Å². The zero-order valence-corrected chi connectivity index (χ0v) is 10.7. The van der Waals surface area contributed by atoms with Crippen LogP contribution in [0, 0.1) is 11.8 Å². The summed E-state index contributed by atoms with van der Waals surface area (Å²) < 4.78 is 6.00. The number of ketones is 1. The molecule has 2 unspecified atom stereocenters. The molecule has 0 aromatic heterocycles. The second-order valence-electron chi connectivity index (χ2n) is 5.96. The van der Waals surface area contributed by atoms with Crippen molar-refractivity contribution < 1.29 is 9.53 Å². The molecule has 0 heterocycles. The molecule has 1 fully saturated rings. The lowest BCUT2D eigenvalue weighted by Gasteiger charge is -2.37. The summed E-state index contributed by atoms with van der Waals surface area (Å²) in [6, 6.07) is 0. The summed E-state index contributed by atoms with van der Waals surface area (Å²) in [7, 11) is 0. The molecule has 1 aliphatic rings. The number of carbonyl (C=O) groups is 1. The maximum atomic E-state index is 11.4. The minimum Gasteiger partial charge on any atom is -0.372 e. The fraction of sp³-hybridized carbons (Fsp3) is 0.923. The third kappa shape index (κ3) is 3.94. The Kier molecular flexibility index (Phi) is 3.93. The molecule has 0 radical (unpaired) electrons. The van der Waals surface area contributed by atoms with Crippen LogP contribution in [-0.4, -0.2) is 17.5 Å². The van der Waals surface area contributed by atoms with Gasteiger partial charge in [-0.15, -0.1) is 0 Å². The van der Waals surface area contributed by atoms with Crippen LogP contribution in [0.1, 0.15) is 53.9 Å². The molecule has 0 bridgehead atoms. The number of carbonyl (C=O) groups excluding carboxylic acids is 1. The van der Waals surface area contributed by atoms with E-state index in [-0.39, 0.29) is 11.7 Å². The van der Waals surface area contributed by atoms with Gasteiger partial charge in [-0.3, -0.25) is 4.79 Å². The summed E-state index contributed by atoms with van der Waals surface area (Å²) in [5.41, 5.74) is -0.143. The Balaban J connectivity index is 2.66. The molecule has 0 aliphatic heterocycles. The van der Waals surface area contributed by atoms with Crippen molar-refractivity contribution in [1.82, 2.24) is 0 Å². The molecule has 0 spiro atoms. The molecule has 1 saturated carbocycles. The Bertz CT molecular complexity index is 225. The molecule has 0 aromatic carbocycles. The van der Waals surface area contributed by atoms with Gasteiger partial charge in [-0.1, -0.05) is 13.8 Å². The molecule has 0 aromatic rings. The maximum absolute atomic E-state index is 11.4. The topological polar surface area (TPSA) is 26.3 Å². The largest absolute Gasteiger partial charge is 0.372 e. The summed E-state index contributed by atoms with van der Waals surface area (Å²) in [5, 5.41) is 0. The van der Waals surface area contributed by atoms with Crippen molar-refractivity contribution in [1.29, 1.82) is 0 Å². The fourth-order valence-corrected chi connectivity index (χ4v) is 2.34. The van der Waals surface area contributed by atoms with E-state index in [9.17, 15) is 4.79 Å². The van der Waals surface area contributed by atoms with Crippen LogP contribution in [0.4, 0.5) is 0 Å². The van der Waals surface area contributed by atoms with Crippen LogP contribution in [-0.2, 0) is 9.53 Å². The average molecular weight is 212 g/mol. The van der Waals surface area contributed by atoms with Crippen LogP contribution in [0.5, 0.6) is 0 Å². The first-order valence-electron chi connectivity index (χ1n) is 5.99. The summed E-state index contributed by atoms with van der Waals surface area (Å²) in [4.78, 5) is 11.4. The first-order valence-corrected chi connectivity index (χ1v) is 5.99. The monoisotopic (exact) mass is 212 g/mol. The molecule has 0 N–H and O–H groups in total. The lowest BCUT2D eigenvalue weighted by molar-refractivity contribution is -0.139. The van der Waals surface area contributed by atoms with E-state index in [1.54, 1.807) is 0 Å². The highest BCUT2D eigenvalue weighted by Gasteiger charge is 2.34. The second-order valence-corrected chi connectivity index (χ2v) is 5.96. The molecule has 15 heavy (non-hydrogen) atoms. The fourth-order valence-electron chi connectivity index (χ4n) is 2.34. The molecule has 2 atom stereocenters. The summed E-state index contributed by atoms with van der Waals surface area (Å²) in [6.45, 7) is 10.6. The molecule has 2 nitrogen and oxygen atoms in total. The first kappa shape index (κ1) is 12.7. The molecule has 0 amide bonds. The smallest absolute Gasteiger partial charge is 0.135 e.